The average molecular weight is 420 g/mol. The zero-order chi connectivity index (χ0) is 21.3. The molecule has 2 aromatic carbocycles. The molecule has 1 fully saturated rings. The molecule has 1 heterocycles. The Morgan fingerprint density at radius 1 is 1.20 bits per heavy atom. The quantitative estimate of drug-likeness (QED) is 0.404. The Bertz CT molecular complexity index is 1070. The molecule has 1 N–H and O–H groups in total. The highest BCUT2D eigenvalue weighted by Gasteiger charge is 2.31. The van der Waals surface area contributed by atoms with Gasteiger partial charge in [-0.3, -0.25) is 5.41 Å². The van der Waals surface area contributed by atoms with Gasteiger partial charge in [-0.15, -0.1) is 13.2 Å². The molecule has 0 radical (unpaired) electrons. The van der Waals surface area contributed by atoms with Gasteiger partial charge in [0.1, 0.15) is 5.75 Å². The van der Waals surface area contributed by atoms with Crippen molar-refractivity contribution in [1.82, 2.24) is 5.16 Å². The molecule has 1 aliphatic rings. The molecule has 9 heteroatoms. The highest BCUT2D eigenvalue weighted by atomic mass is 19.4. The number of nitrogens with zero attached hydrogens (tertiary/aromatic N) is 1. The van der Waals surface area contributed by atoms with Crippen LogP contribution >= 0.6 is 0 Å². The third-order valence-electron chi connectivity index (χ3n) is 4.71. The lowest BCUT2D eigenvalue weighted by Gasteiger charge is -2.12. The minimum Gasteiger partial charge on any atom is -0.478 e. The Morgan fingerprint density at radius 2 is 2.00 bits per heavy atom. The molecule has 1 aliphatic carbocycles. The Balaban J connectivity index is 1.51. The molecule has 0 atom stereocenters. The normalized spacial score (nSPS) is 14.0. The minimum absolute atomic E-state index is 0.0188. The van der Waals surface area contributed by atoms with Gasteiger partial charge in [0.05, 0.1) is 12.0 Å². The lowest BCUT2D eigenvalue weighted by molar-refractivity contribution is -0.274. The molecule has 6 nitrogen and oxygen atoms in total. The summed E-state index contributed by atoms with van der Waals surface area (Å²) in [5.74, 6) is 0.507. The summed E-state index contributed by atoms with van der Waals surface area (Å²) in [7, 11) is 0. The highest BCUT2D eigenvalue weighted by Crippen LogP contribution is 2.34. The number of ether oxygens (including phenoxy) is 3. The summed E-state index contributed by atoms with van der Waals surface area (Å²) in [6.07, 6.45) is -2.47. The van der Waals surface area contributed by atoms with Crippen LogP contribution in [-0.2, 0) is 4.74 Å². The first-order valence-electron chi connectivity index (χ1n) is 9.38. The second kappa shape index (κ2) is 7.89. The van der Waals surface area contributed by atoms with Crippen LogP contribution in [0.1, 0.15) is 18.4 Å². The van der Waals surface area contributed by atoms with E-state index in [1.807, 2.05) is 0 Å². The van der Waals surface area contributed by atoms with E-state index >= 15 is 0 Å². The predicted molar refractivity (Wildman–Crippen MR) is 103 cm³/mol. The molecule has 30 heavy (non-hydrogen) atoms. The molecule has 1 aromatic heterocycles. The zero-order valence-corrected chi connectivity index (χ0v) is 16.1. The van der Waals surface area contributed by atoms with Crippen molar-refractivity contribution >= 4 is 16.9 Å². The number of halogens is 3. The van der Waals surface area contributed by atoms with Crippen LogP contribution in [0.3, 0.4) is 0 Å². The summed E-state index contributed by atoms with van der Waals surface area (Å²) in [5, 5.41) is 12.3. The van der Waals surface area contributed by atoms with E-state index in [0.29, 0.717) is 29.1 Å². The lowest BCUT2D eigenvalue weighted by Crippen LogP contribution is -2.17. The highest BCUT2D eigenvalue weighted by molar-refractivity contribution is 5.88. The molecule has 158 valence electrons. The molecule has 0 unspecified atom stereocenters. The molecule has 1 saturated carbocycles. The maximum absolute atomic E-state index is 12.4. The fourth-order valence-corrected chi connectivity index (χ4v) is 3.02. The van der Waals surface area contributed by atoms with Crippen molar-refractivity contribution in [3.63, 3.8) is 0 Å². The smallest absolute Gasteiger partial charge is 0.478 e. The number of aryl methyl sites for hydroxylation is 1. The first kappa shape index (κ1) is 20.1. The van der Waals surface area contributed by atoms with Crippen molar-refractivity contribution in [1.29, 1.82) is 5.41 Å². The van der Waals surface area contributed by atoms with Crippen molar-refractivity contribution in [2.75, 3.05) is 13.2 Å². The van der Waals surface area contributed by atoms with E-state index in [2.05, 4.69) is 9.89 Å². The van der Waals surface area contributed by atoms with E-state index in [1.54, 1.807) is 31.2 Å². The van der Waals surface area contributed by atoms with Gasteiger partial charge >= 0.3 is 6.36 Å². The molecular formula is C21H19F3N2O4. The summed E-state index contributed by atoms with van der Waals surface area (Å²) < 4.78 is 57.4. The molecule has 3 aromatic rings. The van der Waals surface area contributed by atoms with Crippen LogP contribution in [0.2, 0.25) is 0 Å². The van der Waals surface area contributed by atoms with Gasteiger partial charge < -0.3 is 18.7 Å². The number of hydrogen-bond donors (Lipinski definition) is 1. The van der Waals surface area contributed by atoms with Crippen LogP contribution in [0.15, 0.2) is 40.9 Å². The van der Waals surface area contributed by atoms with Gasteiger partial charge in [0.25, 0.3) is 5.88 Å². The number of rotatable bonds is 7. The summed E-state index contributed by atoms with van der Waals surface area (Å²) >= 11 is 0. The van der Waals surface area contributed by atoms with E-state index < -0.39 is 6.36 Å². The largest absolute Gasteiger partial charge is 0.573 e. The average Bonchev–Trinajstić information content (AvgIpc) is 3.42. The Kier molecular flexibility index (Phi) is 5.27. The van der Waals surface area contributed by atoms with Crippen molar-refractivity contribution in [2.24, 2.45) is 5.92 Å². The van der Waals surface area contributed by atoms with Gasteiger partial charge in [-0.2, -0.15) is 0 Å². The topological polar surface area (TPSA) is 77.6 Å². The number of hydrogen-bond acceptors (Lipinski definition) is 6. The van der Waals surface area contributed by atoms with Crippen molar-refractivity contribution < 1.29 is 31.9 Å². The van der Waals surface area contributed by atoms with Crippen LogP contribution in [0.4, 0.5) is 13.2 Å². The Labute approximate surface area is 170 Å². The van der Waals surface area contributed by atoms with Crippen molar-refractivity contribution in [3.8, 4) is 22.8 Å². The van der Waals surface area contributed by atoms with Crippen LogP contribution in [0, 0.1) is 18.3 Å². The van der Waals surface area contributed by atoms with Gasteiger partial charge in [0, 0.05) is 0 Å². The summed E-state index contributed by atoms with van der Waals surface area (Å²) in [5.41, 5.74) is 2.60. The second-order valence-corrected chi connectivity index (χ2v) is 7.19. The minimum atomic E-state index is -4.74. The van der Waals surface area contributed by atoms with Crippen LogP contribution in [-0.4, -0.2) is 30.6 Å². The SMILES string of the molecule is Cc1cc(OC(F)(F)F)ccc1-c1ccc2onc(OCC(=N)OCC3CC3)c2c1. The summed E-state index contributed by atoms with van der Waals surface area (Å²) in [6.45, 7) is 2.16. The molecule has 0 saturated heterocycles. The fraction of sp³-hybridized carbons (Fsp3) is 0.333. The first-order valence-corrected chi connectivity index (χ1v) is 9.38. The maximum Gasteiger partial charge on any atom is 0.573 e. The van der Waals surface area contributed by atoms with Gasteiger partial charge in [0.15, 0.2) is 12.2 Å². The maximum atomic E-state index is 12.4. The molecule has 4 rings (SSSR count). The first-order chi connectivity index (χ1) is 14.3. The van der Waals surface area contributed by atoms with E-state index in [0.717, 1.165) is 24.0 Å². The third kappa shape index (κ3) is 4.84. The van der Waals surface area contributed by atoms with Crippen molar-refractivity contribution in [2.45, 2.75) is 26.1 Å². The lowest BCUT2D eigenvalue weighted by atomic mass is 9.99. The third-order valence-corrected chi connectivity index (χ3v) is 4.71. The Hall–Kier alpha value is -3.23. The van der Waals surface area contributed by atoms with Gasteiger partial charge in [-0.05, 0) is 71.8 Å². The van der Waals surface area contributed by atoms with E-state index in [9.17, 15) is 13.2 Å². The molecular weight excluding hydrogens is 401 g/mol. The van der Waals surface area contributed by atoms with Crippen LogP contribution < -0.4 is 9.47 Å². The molecule has 0 amide bonds. The second-order valence-electron chi connectivity index (χ2n) is 7.19. The summed E-state index contributed by atoms with van der Waals surface area (Å²) in [4.78, 5) is 0. The number of aromatic nitrogens is 1. The van der Waals surface area contributed by atoms with E-state index in [-0.39, 0.29) is 24.1 Å². The monoisotopic (exact) mass is 420 g/mol. The summed E-state index contributed by atoms with van der Waals surface area (Å²) in [6, 6.07) is 9.43. The fourth-order valence-electron chi connectivity index (χ4n) is 3.02. The molecule has 0 aliphatic heterocycles. The van der Waals surface area contributed by atoms with Crippen LogP contribution in [0.25, 0.3) is 22.1 Å². The van der Waals surface area contributed by atoms with Gasteiger partial charge in [-0.1, -0.05) is 12.1 Å². The molecule has 0 bridgehead atoms. The van der Waals surface area contributed by atoms with Crippen molar-refractivity contribution in [3.05, 3.63) is 42.0 Å². The Morgan fingerprint density at radius 3 is 2.70 bits per heavy atom. The van der Waals surface area contributed by atoms with Gasteiger partial charge in [0.2, 0.25) is 5.90 Å². The van der Waals surface area contributed by atoms with Gasteiger partial charge in [-0.25, -0.2) is 0 Å². The van der Waals surface area contributed by atoms with E-state index in [1.165, 1.54) is 12.1 Å². The number of benzene rings is 2. The zero-order valence-electron chi connectivity index (χ0n) is 16.1. The molecule has 0 spiro atoms. The van der Waals surface area contributed by atoms with E-state index in [4.69, 9.17) is 19.4 Å². The predicted octanol–water partition coefficient (Wildman–Crippen LogP) is 5.48. The van der Waals surface area contributed by atoms with Crippen LogP contribution in [0.5, 0.6) is 11.6 Å². The number of nitrogens with one attached hydrogen (secondary N) is 1. The number of fused-ring (bicyclic) bond motifs is 1. The standard InChI is InChI=1S/C21H19F3N2O4/c1-12-8-15(29-21(22,23)24)5-6-16(12)14-4-7-18-17(9-14)20(26-30-18)28-11-19(25)27-10-13-2-3-13/h4-9,13,25H,2-3,10-11H2,1H3. The number of alkyl halides is 3.